The van der Waals surface area contributed by atoms with Crippen LogP contribution in [-0.2, 0) is 16.1 Å². The number of ether oxygens (including phenoxy) is 2. The molecule has 1 N–H and O–H groups in total. The molecule has 0 aliphatic carbocycles. The first-order valence-electron chi connectivity index (χ1n) is 10.4. The quantitative estimate of drug-likeness (QED) is 0.591. The summed E-state index contributed by atoms with van der Waals surface area (Å²) in [6.07, 6.45) is 0.487. The minimum absolute atomic E-state index is 0.180. The summed E-state index contributed by atoms with van der Waals surface area (Å²) in [6.45, 7) is 8.11. The number of nitrogens with one attached hydrogen (secondary N) is 1. The maximum atomic E-state index is 13.2. The molecular formula is C24H31ClN2O4. The first-order valence-corrected chi connectivity index (χ1v) is 10.8. The normalized spacial score (nSPS) is 11.5. The number of likely N-dealkylation sites (N-methyl/N-ethyl adjacent to an activating group) is 1. The van der Waals surface area contributed by atoms with E-state index in [0.717, 1.165) is 16.7 Å². The Balaban J connectivity index is 2.25. The van der Waals surface area contributed by atoms with Gasteiger partial charge in [0.1, 0.15) is 17.5 Å². The van der Waals surface area contributed by atoms with Crippen LogP contribution in [-0.4, -0.2) is 43.0 Å². The lowest BCUT2D eigenvalue weighted by Crippen LogP contribution is -2.50. The van der Waals surface area contributed by atoms with Crippen LogP contribution in [0.3, 0.4) is 0 Å². The number of benzene rings is 2. The van der Waals surface area contributed by atoms with Gasteiger partial charge in [0.2, 0.25) is 5.91 Å². The van der Waals surface area contributed by atoms with Gasteiger partial charge in [0.25, 0.3) is 5.91 Å². The summed E-state index contributed by atoms with van der Waals surface area (Å²) in [4.78, 5) is 27.4. The van der Waals surface area contributed by atoms with Gasteiger partial charge in [0, 0.05) is 18.1 Å². The van der Waals surface area contributed by atoms with Gasteiger partial charge in [-0.3, -0.25) is 9.59 Å². The Morgan fingerprint density at radius 1 is 1.10 bits per heavy atom. The zero-order valence-electron chi connectivity index (χ0n) is 18.8. The van der Waals surface area contributed by atoms with Crippen molar-refractivity contribution in [3.63, 3.8) is 0 Å². The highest BCUT2D eigenvalue weighted by Gasteiger charge is 2.28. The first-order chi connectivity index (χ1) is 14.8. The molecule has 6 nitrogen and oxygen atoms in total. The molecule has 1 atom stereocenters. The Hall–Kier alpha value is -2.73. The summed E-state index contributed by atoms with van der Waals surface area (Å²) in [5.41, 5.74) is 2.63. The van der Waals surface area contributed by atoms with E-state index in [2.05, 4.69) is 5.32 Å². The van der Waals surface area contributed by atoms with Gasteiger partial charge in [-0.15, -0.1) is 0 Å². The highest BCUT2D eigenvalue weighted by atomic mass is 35.5. The molecule has 2 rings (SSSR count). The molecule has 0 radical (unpaired) electrons. The second kappa shape index (κ2) is 11.6. The summed E-state index contributed by atoms with van der Waals surface area (Å²) >= 11 is 6.22. The summed E-state index contributed by atoms with van der Waals surface area (Å²) in [7, 11) is 1.59. The minimum Gasteiger partial charge on any atom is -0.497 e. The number of nitrogens with zero attached hydrogens (tertiary/aromatic N) is 1. The maximum absolute atomic E-state index is 13.2. The van der Waals surface area contributed by atoms with E-state index in [4.69, 9.17) is 21.1 Å². The van der Waals surface area contributed by atoms with Crippen LogP contribution >= 0.6 is 11.6 Å². The Bertz CT molecular complexity index is 893. The fraction of sp³-hybridized carbons (Fsp3) is 0.417. The number of rotatable bonds is 10. The third kappa shape index (κ3) is 6.62. The van der Waals surface area contributed by atoms with Crippen molar-refractivity contribution in [1.82, 2.24) is 10.2 Å². The van der Waals surface area contributed by atoms with Gasteiger partial charge < -0.3 is 19.7 Å². The second-order valence-electron chi connectivity index (χ2n) is 7.35. The number of aryl methyl sites for hydroxylation is 2. The van der Waals surface area contributed by atoms with Gasteiger partial charge in [-0.1, -0.05) is 30.7 Å². The molecule has 0 saturated heterocycles. The van der Waals surface area contributed by atoms with Crippen LogP contribution in [0, 0.1) is 13.8 Å². The largest absolute Gasteiger partial charge is 0.497 e. The lowest BCUT2D eigenvalue weighted by atomic mass is 10.1. The molecule has 0 aliphatic rings. The van der Waals surface area contributed by atoms with Crippen molar-refractivity contribution in [2.24, 2.45) is 0 Å². The SMILES string of the molecule is CCNC(=O)[C@@H](CC)N(Cc1cccc(OC)c1)C(=O)COc1cc(C)c(Cl)c(C)c1. The molecule has 0 saturated carbocycles. The first kappa shape index (κ1) is 24.5. The summed E-state index contributed by atoms with van der Waals surface area (Å²) in [5, 5.41) is 3.50. The monoisotopic (exact) mass is 446 g/mol. The van der Waals surface area contributed by atoms with E-state index in [9.17, 15) is 9.59 Å². The summed E-state index contributed by atoms with van der Waals surface area (Å²) in [6, 6.07) is 10.5. The molecule has 0 aliphatic heterocycles. The topological polar surface area (TPSA) is 67.9 Å². The van der Waals surface area contributed by atoms with Crippen molar-refractivity contribution >= 4 is 23.4 Å². The Kier molecular flexibility index (Phi) is 9.19. The van der Waals surface area contributed by atoms with E-state index >= 15 is 0 Å². The lowest BCUT2D eigenvalue weighted by Gasteiger charge is -2.30. The van der Waals surface area contributed by atoms with E-state index in [0.29, 0.717) is 29.5 Å². The van der Waals surface area contributed by atoms with Gasteiger partial charge in [0.05, 0.1) is 7.11 Å². The number of methoxy groups -OCH3 is 1. The third-order valence-corrected chi connectivity index (χ3v) is 5.59. The van der Waals surface area contributed by atoms with Crippen molar-refractivity contribution in [3.8, 4) is 11.5 Å². The maximum Gasteiger partial charge on any atom is 0.261 e. The minimum atomic E-state index is -0.601. The average molecular weight is 447 g/mol. The van der Waals surface area contributed by atoms with E-state index in [1.54, 1.807) is 24.1 Å². The van der Waals surface area contributed by atoms with Gasteiger partial charge in [0.15, 0.2) is 6.61 Å². The van der Waals surface area contributed by atoms with E-state index in [1.165, 1.54) is 0 Å². The third-order valence-electron chi connectivity index (χ3n) is 5.00. The molecule has 0 spiro atoms. The van der Waals surface area contributed by atoms with Gasteiger partial charge >= 0.3 is 0 Å². The average Bonchev–Trinajstić information content (AvgIpc) is 2.75. The van der Waals surface area contributed by atoms with Crippen LogP contribution in [0.1, 0.15) is 37.0 Å². The number of halogens is 1. The number of hydrogen-bond donors (Lipinski definition) is 1. The molecule has 31 heavy (non-hydrogen) atoms. The predicted octanol–water partition coefficient (Wildman–Crippen LogP) is 4.29. The molecule has 7 heteroatoms. The van der Waals surface area contributed by atoms with E-state index in [1.807, 2.05) is 52.0 Å². The molecule has 0 bridgehead atoms. The Morgan fingerprint density at radius 2 is 1.77 bits per heavy atom. The molecule has 0 unspecified atom stereocenters. The molecule has 2 aromatic rings. The van der Waals surface area contributed by atoms with Crippen LogP contribution in [0.5, 0.6) is 11.5 Å². The molecule has 2 aromatic carbocycles. The smallest absolute Gasteiger partial charge is 0.261 e. The lowest BCUT2D eigenvalue weighted by molar-refractivity contribution is -0.142. The molecule has 2 amide bonds. The van der Waals surface area contributed by atoms with Crippen LogP contribution in [0.25, 0.3) is 0 Å². The number of carbonyl (C=O) groups excluding carboxylic acids is 2. The molecule has 0 fully saturated rings. The summed E-state index contributed by atoms with van der Waals surface area (Å²) in [5.74, 6) is 0.810. The van der Waals surface area contributed by atoms with Gasteiger partial charge in [-0.25, -0.2) is 0 Å². The van der Waals surface area contributed by atoms with E-state index in [-0.39, 0.29) is 25.0 Å². The van der Waals surface area contributed by atoms with E-state index < -0.39 is 6.04 Å². The van der Waals surface area contributed by atoms with Crippen molar-refractivity contribution in [2.45, 2.75) is 46.7 Å². The van der Waals surface area contributed by atoms with Crippen molar-refractivity contribution in [3.05, 3.63) is 58.1 Å². The van der Waals surface area contributed by atoms with Crippen LogP contribution in [0.2, 0.25) is 5.02 Å². The zero-order chi connectivity index (χ0) is 23.0. The fourth-order valence-electron chi connectivity index (χ4n) is 3.40. The number of carbonyl (C=O) groups is 2. The van der Waals surface area contributed by atoms with Crippen LogP contribution in [0.4, 0.5) is 0 Å². The Morgan fingerprint density at radius 3 is 2.35 bits per heavy atom. The number of hydrogen-bond acceptors (Lipinski definition) is 4. The highest BCUT2D eigenvalue weighted by Crippen LogP contribution is 2.26. The Labute approximate surface area is 189 Å². The highest BCUT2D eigenvalue weighted by molar-refractivity contribution is 6.32. The van der Waals surface area contributed by atoms with Gasteiger partial charge in [-0.05, 0) is 68.1 Å². The predicted molar refractivity (Wildman–Crippen MR) is 123 cm³/mol. The van der Waals surface area contributed by atoms with Crippen molar-refractivity contribution in [2.75, 3.05) is 20.3 Å². The van der Waals surface area contributed by atoms with Gasteiger partial charge in [-0.2, -0.15) is 0 Å². The molecule has 0 aromatic heterocycles. The fourth-order valence-corrected chi connectivity index (χ4v) is 3.51. The molecular weight excluding hydrogens is 416 g/mol. The van der Waals surface area contributed by atoms with Crippen molar-refractivity contribution in [1.29, 1.82) is 0 Å². The molecule has 168 valence electrons. The standard InChI is InChI=1S/C24H31ClN2O4/c1-6-21(24(29)26-7-2)27(14-18-9-8-10-19(13-18)30-5)22(28)15-31-20-11-16(3)23(25)17(4)12-20/h8-13,21H,6-7,14-15H2,1-5H3,(H,26,29)/t21-/m1/s1. The summed E-state index contributed by atoms with van der Waals surface area (Å²) < 4.78 is 11.1. The molecule has 0 heterocycles. The van der Waals surface area contributed by atoms with Crippen molar-refractivity contribution < 1.29 is 19.1 Å². The second-order valence-corrected chi connectivity index (χ2v) is 7.73. The van der Waals surface area contributed by atoms with Crippen LogP contribution in [0.15, 0.2) is 36.4 Å². The van der Waals surface area contributed by atoms with Crippen LogP contribution < -0.4 is 14.8 Å². The zero-order valence-corrected chi connectivity index (χ0v) is 19.6. The number of amides is 2.